The lowest BCUT2D eigenvalue weighted by Gasteiger charge is -2.06. The average Bonchev–Trinajstić information content (AvgIpc) is 2.41. The van der Waals surface area contributed by atoms with Crippen molar-refractivity contribution >= 4 is 23.3 Å². The van der Waals surface area contributed by atoms with Gasteiger partial charge >= 0.3 is 0 Å². The number of pyridine rings is 2. The van der Waals surface area contributed by atoms with E-state index in [4.69, 9.17) is 17.3 Å². The first-order valence-electron chi connectivity index (χ1n) is 5.27. The van der Waals surface area contributed by atoms with Crippen LogP contribution in [0.25, 0.3) is 0 Å². The first-order chi connectivity index (χ1) is 8.70. The minimum Gasteiger partial charge on any atom is -0.325 e. The van der Waals surface area contributed by atoms with Crippen LogP contribution in [0.4, 0.5) is 5.82 Å². The molecule has 0 spiro atoms. The van der Waals surface area contributed by atoms with E-state index in [1.165, 1.54) is 6.20 Å². The molecule has 0 aliphatic rings. The summed E-state index contributed by atoms with van der Waals surface area (Å²) >= 11 is 5.90. The highest BCUT2D eigenvalue weighted by molar-refractivity contribution is 6.33. The summed E-state index contributed by atoms with van der Waals surface area (Å²) in [7, 11) is 0. The molecule has 0 aliphatic heterocycles. The first kappa shape index (κ1) is 12.5. The molecule has 0 atom stereocenters. The SMILES string of the molecule is NCc1cc(C(=O)Nc2ncccc2Cl)ccn1. The van der Waals surface area contributed by atoms with Crippen molar-refractivity contribution in [1.82, 2.24) is 9.97 Å². The molecule has 0 fully saturated rings. The standard InChI is InChI=1S/C12H11ClN4O/c13-10-2-1-4-16-11(10)17-12(18)8-3-5-15-9(6-8)7-14/h1-6H,7,14H2,(H,16,17,18). The van der Waals surface area contributed by atoms with Crippen LogP contribution in [0.2, 0.25) is 5.02 Å². The van der Waals surface area contributed by atoms with Gasteiger partial charge in [0.05, 0.1) is 10.7 Å². The third-order valence-electron chi connectivity index (χ3n) is 2.28. The van der Waals surface area contributed by atoms with Gasteiger partial charge < -0.3 is 11.1 Å². The van der Waals surface area contributed by atoms with E-state index in [0.717, 1.165) is 0 Å². The van der Waals surface area contributed by atoms with Gasteiger partial charge in [0.15, 0.2) is 5.82 Å². The van der Waals surface area contributed by atoms with Crippen LogP contribution in [-0.4, -0.2) is 15.9 Å². The molecule has 3 N–H and O–H groups in total. The summed E-state index contributed by atoms with van der Waals surface area (Å²) in [6.45, 7) is 0.283. The maximum Gasteiger partial charge on any atom is 0.256 e. The van der Waals surface area contributed by atoms with Crippen molar-refractivity contribution in [2.75, 3.05) is 5.32 Å². The Kier molecular flexibility index (Phi) is 3.86. The predicted octanol–water partition coefficient (Wildman–Crippen LogP) is 1.84. The van der Waals surface area contributed by atoms with Crippen molar-refractivity contribution < 1.29 is 4.79 Å². The zero-order valence-electron chi connectivity index (χ0n) is 9.43. The molecule has 0 aliphatic carbocycles. The number of amides is 1. The quantitative estimate of drug-likeness (QED) is 0.884. The summed E-state index contributed by atoms with van der Waals surface area (Å²) in [5.41, 5.74) is 6.58. The number of nitrogens with two attached hydrogens (primary N) is 1. The number of nitrogens with zero attached hydrogens (tertiary/aromatic N) is 2. The Morgan fingerprint density at radius 1 is 1.33 bits per heavy atom. The minimum atomic E-state index is -0.298. The summed E-state index contributed by atoms with van der Waals surface area (Å²) in [6.07, 6.45) is 3.09. The number of halogens is 1. The van der Waals surface area contributed by atoms with Gasteiger partial charge in [-0.2, -0.15) is 0 Å². The average molecular weight is 263 g/mol. The molecular formula is C12H11ClN4O. The second-order valence-electron chi connectivity index (χ2n) is 3.53. The van der Waals surface area contributed by atoms with Crippen LogP contribution in [0.5, 0.6) is 0 Å². The van der Waals surface area contributed by atoms with Gasteiger partial charge in [0.1, 0.15) is 0 Å². The van der Waals surface area contributed by atoms with Crippen LogP contribution >= 0.6 is 11.6 Å². The Bertz CT molecular complexity index is 574. The summed E-state index contributed by atoms with van der Waals surface area (Å²) in [5.74, 6) is 0.0305. The Hall–Kier alpha value is -1.98. The van der Waals surface area contributed by atoms with Crippen molar-refractivity contribution in [1.29, 1.82) is 0 Å². The van der Waals surface area contributed by atoms with Gasteiger partial charge in [-0.05, 0) is 24.3 Å². The van der Waals surface area contributed by atoms with Crippen LogP contribution in [0.3, 0.4) is 0 Å². The highest BCUT2D eigenvalue weighted by Gasteiger charge is 2.09. The number of rotatable bonds is 3. The monoisotopic (exact) mass is 262 g/mol. The summed E-state index contributed by atoms with van der Waals surface area (Å²) in [6, 6.07) is 6.58. The number of carbonyl (C=O) groups excluding carboxylic acids is 1. The molecule has 18 heavy (non-hydrogen) atoms. The van der Waals surface area contributed by atoms with Crippen LogP contribution in [0, 0.1) is 0 Å². The van der Waals surface area contributed by atoms with Crippen LogP contribution in [0.1, 0.15) is 16.1 Å². The molecule has 1 amide bonds. The lowest BCUT2D eigenvalue weighted by molar-refractivity contribution is 0.102. The third kappa shape index (κ3) is 2.82. The van der Waals surface area contributed by atoms with E-state index >= 15 is 0 Å². The molecule has 92 valence electrons. The Balaban J connectivity index is 2.19. The van der Waals surface area contributed by atoms with E-state index in [1.807, 2.05) is 0 Å². The molecule has 6 heteroatoms. The van der Waals surface area contributed by atoms with Gasteiger partial charge in [0, 0.05) is 24.5 Å². The highest BCUT2D eigenvalue weighted by Crippen LogP contribution is 2.18. The van der Waals surface area contributed by atoms with E-state index in [1.54, 1.807) is 30.5 Å². The van der Waals surface area contributed by atoms with Crippen molar-refractivity contribution in [3.05, 3.63) is 52.9 Å². The largest absolute Gasteiger partial charge is 0.325 e. The van der Waals surface area contributed by atoms with E-state index in [2.05, 4.69) is 15.3 Å². The van der Waals surface area contributed by atoms with Crippen LogP contribution in [0.15, 0.2) is 36.7 Å². The van der Waals surface area contributed by atoms with Crippen molar-refractivity contribution in [2.24, 2.45) is 5.73 Å². The number of nitrogens with one attached hydrogen (secondary N) is 1. The fraction of sp³-hybridized carbons (Fsp3) is 0.0833. The van der Waals surface area contributed by atoms with Gasteiger partial charge in [-0.3, -0.25) is 9.78 Å². The normalized spacial score (nSPS) is 10.1. The minimum absolute atomic E-state index is 0.283. The molecule has 0 saturated heterocycles. The number of carbonyl (C=O) groups is 1. The molecule has 0 bridgehead atoms. The van der Waals surface area contributed by atoms with Gasteiger partial charge in [0.25, 0.3) is 5.91 Å². The number of hydrogen-bond donors (Lipinski definition) is 2. The fourth-order valence-electron chi connectivity index (χ4n) is 1.39. The first-order valence-corrected chi connectivity index (χ1v) is 5.65. The summed E-state index contributed by atoms with van der Waals surface area (Å²) in [4.78, 5) is 20.0. The fourth-order valence-corrected chi connectivity index (χ4v) is 1.56. The Morgan fingerprint density at radius 3 is 2.89 bits per heavy atom. The molecule has 2 heterocycles. The summed E-state index contributed by atoms with van der Waals surface area (Å²) < 4.78 is 0. The molecule has 2 rings (SSSR count). The summed E-state index contributed by atoms with van der Waals surface area (Å²) in [5, 5.41) is 3.02. The van der Waals surface area contributed by atoms with Crippen LogP contribution in [-0.2, 0) is 6.54 Å². The number of hydrogen-bond acceptors (Lipinski definition) is 4. The Morgan fingerprint density at radius 2 is 2.17 bits per heavy atom. The van der Waals surface area contributed by atoms with Gasteiger partial charge in [-0.25, -0.2) is 4.98 Å². The van der Waals surface area contributed by atoms with Crippen molar-refractivity contribution in [3.63, 3.8) is 0 Å². The van der Waals surface area contributed by atoms with E-state index in [0.29, 0.717) is 22.1 Å². The lowest BCUT2D eigenvalue weighted by atomic mass is 10.2. The van der Waals surface area contributed by atoms with Crippen LogP contribution < -0.4 is 11.1 Å². The number of anilines is 1. The maximum atomic E-state index is 12.0. The molecule has 0 radical (unpaired) electrons. The number of aromatic nitrogens is 2. The lowest BCUT2D eigenvalue weighted by Crippen LogP contribution is -2.14. The van der Waals surface area contributed by atoms with E-state index in [9.17, 15) is 4.79 Å². The van der Waals surface area contributed by atoms with Gasteiger partial charge in [0.2, 0.25) is 0 Å². The smallest absolute Gasteiger partial charge is 0.256 e. The van der Waals surface area contributed by atoms with E-state index < -0.39 is 0 Å². The predicted molar refractivity (Wildman–Crippen MR) is 69.3 cm³/mol. The maximum absolute atomic E-state index is 12.0. The molecule has 5 nitrogen and oxygen atoms in total. The molecule has 0 aromatic carbocycles. The zero-order valence-corrected chi connectivity index (χ0v) is 10.2. The molecule has 2 aromatic heterocycles. The zero-order chi connectivity index (χ0) is 13.0. The molecule has 0 unspecified atom stereocenters. The second-order valence-corrected chi connectivity index (χ2v) is 3.94. The second kappa shape index (κ2) is 5.57. The van der Waals surface area contributed by atoms with E-state index in [-0.39, 0.29) is 12.5 Å². The van der Waals surface area contributed by atoms with Crippen molar-refractivity contribution in [3.8, 4) is 0 Å². The molecule has 2 aromatic rings. The topological polar surface area (TPSA) is 80.9 Å². The molecule has 0 saturated carbocycles. The molecular weight excluding hydrogens is 252 g/mol. The van der Waals surface area contributed by atoms with Gasteiger partial charge in [-0.1, -0.05) is 11.6 Å². The third-order valence-corrected chi connectivity index (χ3v) is 2.58. The Labute approximate surface area is 109 Å². The highest BCUT2D eigenvalue weighted by atomic mass is 35.5. The van der Waals surface area contributed by atoms with Gasteiger partial charge in [-0.15, -0.1) is 0 Å². The van der Waals surface area contributed by atoms with Crippen molar-refractivity contribution in [2.45, 2.75) is 6.54 Å².